The Morgan fingerprint density at radius 3 is 2.90 bits per heavy atom. The minimum absolute atomic E-state index is 0.0986. The number of nitrogens with one attached hydrogen (secondary N) is 1. The number of sulfone groups is 1. The van der Waals surface area contributed by atoms with Crippen LogP contribution in [0.15, 0.2) is 18.2 Å². The van der Waals surface area contributed by atoms with Gasteiger partial charge in [0, 0.05) is 17.1 Å². The molecule has 1 aliphatic heterocycles. The molecule has 1 aromatic rings. The van der Waals surface area contributed by atoms with Gasteiger partial charge < -0.3 is 10.1 Å². The van der Waals surface area contributed by atoms with E-state index in [1.54, 1.807) is 0 Å². The molecule has 0 saturated carbocycles. The first-order valence-corrected chi connectivity index (χ1v) is 9.07. The second-order valence-corrected chi connectivity index (χ2v) is 7.67. The molecule has 112 valence electrons. The van der Waals surface area contributed by atoms with Crippen molar-refractivity contribution < 1.29 is 13.2 Å². The van der Waals surface area contributed by atoms with Crippen molar-refractivity contribution in [3.63, 3.8) is 0 Å². The predicted molar refractivity (Wildman–Crippen MR) is 81.1 cm³/mol. The number of hydrogen-bond acceptors (Lipinski definition) is 4. The molecular formula is C14H20ClNO3S. The van der Waals surface area contributed by atoms with Crippen LogP contribution in [0.1, 0.15) is 25.3 Å². The molecular weight excluding hydrogens is 298 g/mol. The van der Waals surface area contributed by atoms with Gasteiger partial charge in [-0.15, -0.1) is 0 Å². The van der Waals surface area contributed by atoms with Gasteiger partial charge in [0.1, 0.15) is 11.9 Å². The number of halogens is 1. The topological polar surface area (TPSA) is 55.4 Å². The average molecular weight is 318 g/mol. The van der Waals surface area contributed by atoms with E-state index in [9.17, 15) is 8.42 Å². The summed E-state index contributed by atoms with van der Waals surface area (Å²) in [6.07, 6.45) is 1.33. The van der Waals surface area contributed by atoms with E-state index in [1.165, 1.54) is 0 Å². The Morgan fingerprint density at radius 1 is 1.45 bits per heavy atom. The second-order valence-electron chi connectivity index (χ2n) is 5.04. The summed E-state index contributed by atoms with van der Waals surface area (Å²) in [4.78, 5) is 0. The van der Waals surface area contributed by atoms with Crippen LogP contribution in [0.2, 0.25) is 5.02 Å². The van der Waals surface area contributed by atoms with E-state index >= 15 is 0 Å². The fourth-order valence-corrected chi connectivity index (χ4v) is 4.07. The van der Waals surface area contributed by atoms with E-state index in [4.69, 9.17) is 16.3 Å². The molecule has 1 unspecified atom stereocenters. The van der Waals surface area contributed by atoms with Gasteiger partial charge in [-0.05, 0) is 31.5 Å². The van der Waals surface area contributed by atoms with E-state index < -0.39 is 9.84 Å². The van der Waals surface area contributed by atoms with E-state index in [2.05, 4.69) is 12.2 Å². The smallest absolute Gasteiger partial charge is 0.154 e. The number of rotatable bonds is 6. The highest BCUT2D eigenvalue weighted by molar-refractivity contribution is 7.91. The molecule has 1 atom stereocenters. The SMILES string of the molecule is CCCNCc1c(Cl)cccc1OC1CCS(=O)(=O)C1. The summed E-state index contributed by atoms with van der Waals surface area (Å²) in [5, 5.41) is 3.94. The lowest BCUT2D eigenvalue weighted by atomic mass is 10.2. The standard InChI is InChI=1S/C14H20ClNO3S/c1-2-7-16-9-12-13(15)4-3-5-14(12)19-11-6-8-20(17,18)10-11/h3-5,11,16H,2,6-10H2,1H3. The lowest BCUT2D eigenvalue weighted by Gasteiger charge is -2.17. The first-order chi connectivity index (χ1) is 9.52. The fraction of sp³-hybridized carbons (Fsp3) is 0.571. The number of hydrogen-bond donors (Lipinski definition) is 1. The molecule has 4 nitrogen and oxygen atoms in total. The highest BCUT2D eigenvalue weighted by Gasteiger charge is 2.29. The lowest BCUT2D eigenvalue weighted by molar-refractivity contribution is 0.226. The molecule has 0 aromatic heterocycles. The van der Waals surface area contributed by atoms with Crippen LogP contribution in [0.25, 0.3) is 0 Å². The first-order valence-electron chi connectivity index (χ1n) is 6.87. The van der Waals surface area contributed by atoms with Crippen molar-refractivity contribution in [3.8, 4) is 5.75 Å². The van der Waals surface area contributed by atoms with Crippen molar-refractivity contribution >= 4 is 21.4 Å². The molecule has 2 rings (SSSR count). The van der Waals surface area contributed by atoms with Gasteiger partial charge >= 0.3 is 0 Å². The largest absolute Gasteiger partial charge is 0.489 e. The third-order valence-corrected chi connectivity index (χ3v) is 5.38. The molecule has 0 aliphatic carbocycles. The minimum Gasteiger partial charge on any atom is -0.489 e. The predicted octanol–water partition coefficient (Wildman–Crippen LogP) is 2.41. The molecule has 1 N–H and O–H groups in total. The second kappa shape index (κ2) is 6.78. The molecule has 0 spiro atoms. The van der Waals surface area contributed by atoms with Gasteiger partial charge in [0.05, 0.1) is 11.5 Å². The van der Waals surface area contributed by atoms with E-state index in [0.29, 0.717) is 23.7 Å². The van der Waals surface area contributed by atoms with Crippen molar-refractivity contribution in [2.75, 3.05) is 18.1 Å². The third kappa shape index (κ3) is 4.11. The Morgan fingerprint density at radius 2 is 2.25 bits per heavy atom. The Kier molecular flexibility index (Phi) is 5.29. The van der Waals surface area contributed by atoms with Gasteiger partial charge in [-0.25, -0.2) is 8.42 Å². The molecule has 1 heterocycles. The molecule has 6 heteroatoms. The summed E-state index contributed by atoms with van der Waals surface area (Å²) in [7, 11) is -2.93. The molecule has 1 saturated heterocycles. The maximum Gasteiger partial charge on any atom is 0.154 e. The minimum atomic E-state index is -2.93. The van der Waals surface area contributed by atoms with Gasteiger partial charge in [0.25, 0.3) is 0 Å². The summed E-state index contributed by atoms with van der Waals surface area (Å²) >= 11 is 6.21. The van der Waals surface area contributed by atoms with Gasteiger partial charge in [0.15, 0.2) is 9.84 Å². The highest BCUT2D eigenvalue weighted by Crippen LogP contribution is 2.29. The van der Waals surface area contributed by atoms with Gasteiger partial charge in [0.2, 0.25) is 0 Å². The van der Waals surface area contributed by atoms with Crippen LogP contribution in [0.4, 0.5) is 0 Å². The molecule has 0 radical (unpaired) electrons. The van der Waals surface area contributed by atoms with Crippen molar-refractivity contribution in [2.24, 2.45) is 0 Å². The van der Waals surface area contributed by atoms with E-state index in [-0.39, 0.29) is 17.6 Å². The monoisotopic (exact) mass is 317 g/mol. The van der Waals surface area contributed by atoms with E-state index in [0.717, 1.165) is 18.5 Å². The first kappa shape index (κ1) is 15.6. The zero-order chi connectivity index (χ0) is 14.6. The average Bonchev–Trinajstić information content (AvgIpc) is 2.72. The van der Waals surface area contributed by atoms with Crippen LogP contribution in [-0.2, 0) is 16.4 Å². The van der Waals surface area contributed by atoms with Crippen LogP contribution < -0.4 is 10.1 Å². The Bertz CT molecular complexity index is 560. The summed E-state index contributed by atoms with van der Waals surface area (Å²) < 4.78 is 28.8. The molecule has 1 aromatic carbocycles. The van der Waals surface area contributed by atoms with Crippen LogP contribution in [-0.4, -0.2) is 32.6 Å². The van der Waals surface area contributed by atoms with Gasteiger partial charge in [-0.3, -0.25) is 0 Å². The van der Waals surface area contributed by atoms with Crippen LogP contribution in [0.3, 0.4) is 0 Å². The van der Waals surface area contributed by atoms with Crippen molar-refractivity contribution in [3.05, 3.63) is 28.8 Å². The zero-order valence-electron chi connectivity index (χ0n) is 11.6. The maximum absolute atomic E-state index is 11.5. The molecule has 0 amide bonds. The molecule has 1 fully saturated rings. The Labute approximate surface area is 125 Å². The fourth-order valence-electron chi connectivity index (χ4n) is 2.24. The van der Waals surface area contributed by atoms with Gasteiger partial charge in [-0.2, -0.15) is 0 Å². The Balaban J connectivity index is 2.09. The normalized spacial score (nSPS) is 21.0. The maximum atomic E-state index is 11.5. The van der Waals surface area contributed by atoms with Crippen molar-refractivity contribution in [2.45, 2.75) is 32.4 Å². The molecule has 20 heavy (non-hydrogen) atoms. The van der Waals surface area contributed by atoms with Gasteiger partial charge in [-0.1, -0.05) is 24.6 Å². The highest BCUT2D eigenvalue weighted by atomic mass is 35.5. The van der Waals surface area contributed by atoms with E-state index in [1.807, 2.05) is 18.2 Å². The zero-order valence-corrected chi connectivity index (χ0v) is 13.1. The number of benzene rings is 1. The third-order valence-electron chi connectivity index (χ3n) is 3.29. The van der Waals surface area contributed by atoms with Crippen LogP contribution in [0.5, 0.6) is 5.75 Å². The quantitative estimate of drug-likeness (QED) is 0.819. The summed E-state index contributed by atoms with van der Waals surface area (Å²) in [6.45, 7) is 3.63. The molecule has 0 bridgehead atoms. The van der Waals surface area contributed by atoms with Crippen molar-refractivity contribution in [1.29, 1.82) is 0 Å². The molecule has 1 aliphatic rings. The van der Waals surface area contributed by atoms with Crippen LogP contribution in [0, 0.1) is 0 Å². The van der Waals surface area contributed by atoms with Crippen LogP contribution >= 0.6 is 11.6 Å². The summed E-state index contributed by atoms with van der Waals surface area (Å²) in [5.41, 5.74) is 0.895. The summed E-state index contributed by atoms with van der Waals surface area (Å²) in [6, 6.07) is 5.49. The Hall–Kier alpha value is -0.780. The number of ether oxygens (including phenoxy) is 1. The lowest BCUT2D eigenvalue weighted by Crippen LogP contribution is -2.20. The van der Waals surface area contributed by atoms with Crippen molar-refractivity contribution in [1.82, 2.24) is 5.32 Å². The summed E-state index contributed by atoms with van der Waals surface area (Å²) in [5.74, 6) is 0.992.